The number of hydrogen-bond donors (Lipinski definition) is 2. The minimum atomic E-state index is -0.771. The number of nitrogens with zero attached hydrogens (tertiary/aromatic N) is 1. The maximum atomic E-state index is 10.6. The van der Waals surface area contributed by atoms with Gasteiger partial charge in [-0.3, -0.25) is 9.59 Å². The molecule has 0 atom stereocenters. The summed E-state index contributed by atoms with van der Waals surface area (Å²) in [5.74, 6) is -1.65. The Morgan fingerprint density at radius 2 is 1.92 bits per heavy atom. The van der Waals surface area contributed by atoms with Crippen LogP contribution < -0.4 is 11.5 Å². The number of nitrogens with two attached hydrogens (primary N) is 2. The van der Waals surface area contributed by atoms with E-state index >= 15 is 0 Å². The van der Waals surface area contributed by atoms with E-state index in [2.05, 4.69) is 9.68 Å². The fraction of sp³-hybridized carbons (Fsp3) is 0.167. The lowest BCUT2D eigenvalue weighted by Gasteiger charge is -1.88. The van der Waals surface area contributed by atoms with Crippen molar-refractivity contribution in [3.8, 4) is 0 Å². The van der Waals surface area contributed by atoms with E-state index in [-0.39, 0.29) is 17.0 Å². The summed E-state index contributed by atoms with van der Waals surface area (Å²) in [6.45, 7) is 1.48. The maximum Gasteiger partial charge on any atom is 0.287 e. The molecule has 1 aromatic rings. The highest BCUT2D eigenvalue weighted by Crippen LogP contribution is 2.10. The predicted octanol–water partition coefficient (Wildman–Crippen LogP) is -0.819. The smallest absolute Gasteiger partial charge is 0.287 e. The molecule has 1 heterocycles. The van der Waals surface area contributed by atoms with E-state index < -0.39 is 11.8 Å². The number of carbonyl (C=O) groups excluding carboxylic acids is 2. The molecule has 1 rings (SSSR count). The average molecular weight is 169 g/mol. The van der Waals surface area contributed by atoms with E-state index in [0.717, 1.165) is 0 Å². The monoisotopic (exact) mass is 169 g/mol. The van der Waals surface area contributed by atoms with Crippen molar-refractivity contribution >= 4 is 11.8 Å². The SMILES string of the molecule is Cc1c(C(N)=O)noc1C(N)=O. The second-order valence-electron chi connectivity index (χ2n) is 2.21. The lowest BCUT2D eigenvalue weighted by atomic mass is 10.2. The molecule has 0 saturated heterocycles. The molecule has 0 saturated carbocycles. The van der Waals surface area contributed by atoms with E-state index in [4.69, 9.17) is 11.5 Å². The van der Waals surface area contributed by atoms with Crippen LogP contribution in [0.5, 0.6) is 0 Å². The molecule has 64 valence electrons. The molecule has 6 heteroatoms. The Kier molecular flexibility index (Phi) is 1.82. The lowest BCUT2D eigenvalue weighted by molar-refractivity contribution is 0.0956. The van der Waals surface area contributed by atoms with Crippen molar-refractivity contribution < 1.29 is 14.1 Å². The molecule has 12 heavy (non-hydrogen) atoms. The number of hydrogen-bond acceptors (Lipinski definition) is 4. The molecule has 0 aliphatic heterocycles. The van der Waals surface area contributed by atoms with Crippen LogP contribution >= 0.6 is 0 Å². The highest BCUT2D eigenvalue weighted by Gasteiger charge is 2.19. The predicted molar refractivity (Wildman–Crippen MR) is 38.3 cm³/mol. The van der Waals surface area contributed by atoms with Gasteiger partial charge in [0.2, 0.25) is 5.76 Å². The van der Waals surface area contributed by atoms with Gasteiger partial charge < -0.3 is 16.0 Å². The lowest BCUT2D eigenvalue weighted by Crippen LogP contribution is -2.15. The normalized spacial score (nSPS) is 9.75. The van der Waals surface area contributed by atoms with E-state index in [9.17, 15) is 9.59 Å². The van der Waals surface area contributed by atoms with Crippen molar-refractivity contribution in [3.05, 3.63) is 17.0 Å². The van der Waals surface area contributed by atoms with Gasteiger partial charge in [0.15, 0.2) is 5.69 Å². The Bertz CT molecular complexity index is 310. The molecule has 0 bridgehead atoms. The number of rotatable bonds is 2. The molecule has 0 aliphatic carbocycles. The molecule has 0 spiro atoms. The molecule has 0 aliphatic rings. The molecule has 0 radical (unpaired) electrons. The van der Waals surface area contributed by atoms with Gasteiger partial charge in [-0.2, -0.15) is 0 Å². The highest BCUT2D eigenvalue weighted by molar-refractivity contribution is 5.97. The van der Waals surface area contributed by atoms with Crippen molar-refractivity contribution in [2.45, 2.75) is 6.92 Å². The van der Waals surface area contributed by atoms with Crippen LogP contribution in [0.15, 0.2) is 4.52 Å². The van der Waals surface area contributed by atoms with Crippen molar-refractivity contribution in [3.63, 3.8) is 0 Å². The van der Waals surface area contributed by atoms with Gasteiger partial charge in [-0.25, -0.2) is 0 Å². The second-order valence-corrected chi connectivity index (χ2v) is 2.21. The minimum Gasteiger partial charge on any atom is -0.364 e. The van der Waals surface area contributed by atoms with Crippen LogP contribution in [-0.2, 0) is 0 Å². The maximum absolute atomic E-state index is 10.6. The minimum absolute atomic E-state index is 0.0659. The molecule has 1 aromatic heterocycles. The summed E-state index contributed by atoms with van der Waals surface area (Å²) in [5.41, 5.74) is 10.0. The van der Waals surface area contributed by atoms with Gasteiger partial charge in [0.25, 0.3) is 11.8 Å². The van der Waals surface area contributed by atoms with Crippen LogP contribution in [0.2, 0.25) is 0 Å². The first-order valence-electron chi connectivity index (χ1n) is 3.10. The molecule has 6 nitrogen and oxygen atoms in total. The zero-order valence-electron chi connectivity index (χ0n) is 6.33. The van der Waals surface area contributed by atoms with Crippen LogP contribution in [0.1, 0.15) is 26.6 Å². The summed E-state index contributed by atoms with van der Waals surface area (Å²) in [7, 11) is 0. The molecule has 2 amide bonds. The van der Waals surface area contributed by atoms with Crippen LogP contribution in [0, 0.1) is 6.92 Å². The van der Waals surface area contributed by atoms with E-state index in [1.165, 1.54) is 6.92 Å². The number of amides is 2. The third kappa shape index (κ3) is 1.14. The van der Waals surface area contributed by atoms with E-state index in [1.807, 2.05) is 0 Å². The summed E-state index contributed by atoms with van der Waals surface area (Å²) < 4.78 is 4.49. The number of carbonyl (C=O) groups is 2. The van der Waals surface area contributed by atoms with E-state index in [1.54, 1.807) is 0 Å². The summed E-state index contributed by atoms with van der Waals surface area (Å²) in [5, 5.41) is 3.29. The molecule has 0 unspecified atom stereocenters. The zero-order chi connectivity index (χ0) is 9.30. The Hall–Kier alpha value is -1.85. The Balaban J connectivity index is 3.22. The van der Waals surface area contributed by atoms with E-state index in [0.29, 0.717) is 0 Å². The van der Waals surface area contributed by atoms with Crippen LogP contribution in [0.4, 0.5) is 0 Å². The summed E-state index contributed by atoms with van der Waals surface area (Å²) in [6, 6.07) is 0. The van der Waals surface area contributed by atoms with Crippen LogP contribution in [0.25, 0.3) is 0 Å². The Morgan fingerprint density at radius 3 is 2.17 bits per heavy atom. The number of aromatic nitrogens is 1. The fourth-order valence-electron chi connectivity index (χ4n) is 0.795. The summed E-state index contributed by atoms with van der Waals surface area (Å²) in [4.78, 5) is 21.2. The third-order valence-corrected chi connectivity index (χ3v) is 1.38. The topological polar surface area (TPSA) is 112 Å². The number of primary amides is 2. The zero-order valence-corrected chi connectivity index (χ0v) is 6.33. The van der Waals surface area contributed by atoms with Gasteiger partial charge in [0.1, 0.15) is 0 Å². The van der Waals surface area contributed by atoms with Gasteiger partial charge in [-0.1, -0.05) is 5.16 Å². The van der Waals surface area contributed by atoms with Gasteiger partial charge in [0, 0.05) is 5.56 Å². The van der Waals surface area contributed by atoms with Gasteiger partial charge in [0.05, 0.1) is 0 Å². The van der Waals surface area contributed by atoms with Gasteiger partial charge in [-0.15, -0.1) is 0 Å². The van der Waals surface area contributed by atoms with Gasteiger partial charge in [-0.05, 0) is 6.92 Å². The standard InChI is InChI=1S/C6H7N3O3/c1-2-3(5(7)10)9-12-4(2)6(8)11/h1H3,(H2,7,10)(H2,8,11). The molecule has 4 N–H and O–H groups in total. The molecule has 0 aromatic carbocycles. The Morgan fingerprint density at radius 1 is 1.33 bits per heavy atom. The first-order chi connectivity index (χ1) is 5.54. The van der Waals surface area contributed by atoms with Crippen LogP contribution in [-0.4, -0.2) is 17.0 Å². The summed E-state index contributed by atoms with van der Waals surface area (Å²) >= 11 is 0. The highest BCUT2D eigenvalue weighted by atomic mass is 16.5. The first kappa shape index (κ1) is 8.25. The first-order valence-corrected chi connectivity index (χ1v) is 3.10. The molecular formula is C6H7N3O3. The van der Waals surface area contributed by atoms with Crippen molar-refractivity contribution in [1.29, 1.82) is 0 Å². The Labute approximate surface area is 67.5 Å². The largest absolute Gasteiger partial charge is 0.364 e. The van der Waals surface area contributed by atoms with Crippen molar-refractivity contribution in [2.75, 3.05) is 0 Å². The third-order valence-electron chi connectivity index (χ3n) is 1.38. The van der Waals surface area contributed by atoms with Crippen molar-refractivity contribution in [1.82, 2.24) is 5.16 Å². The second kappa shape index (κ2) is 2.65. The summed E-state index contributed by atoms with van der Waals surface area (Å²) in [6.07, 6.45) is 0. The van der Waals surface area contributed by atoms with Crippen molar-refractivity contribution in [2.24, 2.45) is 11.5 Å². The fourth-order valence-corrected chi connectivity index (χ4v) is 0.795. The quantitative estimate of drug-likeness (QED) is 0.602. The molecular weight excluding hydrogens is 162 g/mol. The van der Waals surface area contributed by atoms with Gasteiger partial charge >= 0.3 is 0 Å². The molecule has 0 fully saturated rings. The average Bonchev–Trinajstić information content (AvgIpc) is 2.30. The van der Waals surface area contributed by atoms with Crippen LogP contribution in [0.3, 0.4) is 0 Å².